The minimum atomic E-state index is 0.118. The lowest BCUT2D eigenvalue weighted by molar-refractivity contribution is -0.120. The number of thioether (sulfide) groups is 1. The van der Waals surface area contributed by atoms with Crippen LogP contribution in [-0.2, 0) is 4.79 Å². The van der Waals surface area contributed by atoms with Crippen molar-refractivity contribution in [3.63, 3.8) is 0 Å². The first-order valence-corrected chi connectivity index (χ1v) is 6.97. The zero-order valence-electron chi connectivity index (χ0n) is 9.77. The molecule has 15 heavy (non-hydrogen) atoms. The summed E-state index contributed by atoms with van der Waals surface area (Å²) in [7, 11) is 0. The van der Waals surface area contributed by atoms with Gasteiger partial charge in [-0.3, -0.25) is 4.79 Å². The van der Waals surface area contributed by atoms with Crippen molar-refractivity contribution in [2.24, 2.45) is 0 Å². The monoisotopic (exact) mass is 230 g/mol. The summed E-state index contributed by atoms with van der Waals surface area (Å²) in [6.45, 7) is 4.27. The quantitative estimate of drug-likeness (QED) is 0.694. The van der Waals surface area contributed by atoms with Gasteiger partial charge in [0.15, 0.2) is 0 Å². The molecule has 0 heterocycles. The summed E-state index contributed by atoms with van der Waals surface area (Å²) in [5, 5.41) is 6.12. The summed E-state index contributed by atoms with van der Waals surface area (Å²) >= 11 is 1.93. The van der Waals surface area contributed by atoms with E-state index in [4.69, 9.17) is 0 Å². The Morgan fingerprint density at radius 3 is 2.67 bits per heavy atom. The predicted molar refractivity (Wildman–Crippen MR) is 66.3 cm³/mol. The summed E-state index contributed by atoms with van der Waals surface area (Å²) in [5.74, 6) is 0.118. The third-order valence-corrected chi connectivity index (χ3v) is 4.42. The highest BCUT2D eigenvalue weighted by Gasteiger charge is 2.35. The van der Waals surface area contributed by atoms with Gasteiger partial charge in [-0.15, -0.1) is 0 Å². The van der Waals surface area contributed by atoms with Crippen molar-refractivity contribution in [3.8, 4) is 0 Å². The Balaban J connectivity index is 2.07. The number of amides is 1. The minimum Gasteiger partial charge on any atom is -0.355 e. The lowest BCUT2D eigenvalue weighted by atomic mass is 9.84. The molecule has 0 spiro atoms. The van der Waals surface area contributed by atoms with Crippen LogP contribution in [0.1, 0.15) is 32.6 Å². The maximum Gasteiger partial charge on any atom is 0.233 e. The minimum absolute atomic E-state index is 0.118. The summed E-state index contributed by atoms with van der Waals surface area (Å²) in [5.41, 5.74) is 0. The van der Waals surface area contributed by atoms with Crippen molar-refractivity contribution in [1.82, 2.24) is 10.6 Å². The summed E-state index contributed by atoms with van der Waals surface area (Å²) in [6, 6.07) is 0. The van der Waals surface area contributed by atoms with Crippen LogP contribution >= 0.6 is 11.8 Å². The highest BCUT2D eigenvalue weighted by molar-refractivity contribution is 8.00. The van der Waals surface area contributed by atoms with Crippen LogP contribution in [0.4, 0.5) is 0 Å². The van der Waals surface area contributed by atoms with Crippen molar-refractivity contribution in [2.75, 3.05) is 25.9 Å². The summed E-state index contributed by atoms with van der Waals surface area (Å²) in [6.07, 6.45) is 7.08. The molecule has 2 N–H and O–H groups in total. The molecule has 0 aromatic rings. The van der Waals surface area contributed by atoms with Gasteiger partial charge >= 0.3 is 0 Å². The van der Waals surface area contributed by atoms with Gasteiger partial charge in [0.2, 0.25) is 5.91 Å². The van der Waals surface area contributed by atoms with Crippen molar-refractivity contribution in [1.29, 1.82) is 0 Å². The van der Waals surface area contributed by atoms with Crippen LogP contribution in [0, 0.1) is 0 Å². The lowest BCUT2D eigenvalue weighted by Crippen LogP contribution is -2.46. The SMILES string of the molecule is CCCNC(=O)CNCC1(SC)CCC1. The van der Waals surface area contributed by atoms with Crippen LogP contribution in [0.2, 0.25) is 0 Å². The molecule has 88 valence electrons. The second-order valence-electron chi connectivity index (χ2n) is 4.19. The third-order valence-electron chi connectivity index (χ3n) is 3.00. The molecule has 1 saturated carbocycles. The molecular weight excluding hydrogens is 208 g/mol. The molecule has 0 aromatic heterocycles. The number of carbonyl (C=O) groups excluding carboxylic acids is 1. The fourth-order valence-electron chi connectivity index (χ4n) is 1.75. The first kappa shape index (κ1) is 12.8. The van der Waals surface area contributed by atoms with Crippen LogP contribution in [-0.4, -0.2) is 36.5 Å². The van der Waals surface area contributed by atoms with E-state index in [2.05, 4.69) is 23.8 Å². The number of hydrogen-bond acceptors (Lipinski definition) is 3. The molecule has 0 bridgehead atoms. The van der Waals surface area contributed by atoms with Crippen LogP contribution in [0.25, 0.3) is 0 Å². The zero-order valence-corrected chi connectivity index (χ0v) is 10.6. The molecule has 0 aromatic carbocycles. The molecule has 1 rings (SSSR count). The van der Waals surface area contributed by atoms with Crippen LogP contribution in [0.3, 0.4) is 0 Å². The van der Waals surface area contributed by atoms with E-state index in [0.717, 1.165) is 19.5 Å². The van der Waals surface area contributed by atoms with Gasteiger partial charge < -0.3 is 10.6 Å². The number of hydrogen-bond donors (Lipinski definition) is 2. The van der Waals surface area contributed by atoms with E-state index < -0.39 is 0 Å². The van der Waals surface area contributed by atoms with Crippen molar-refractivity contribution in [2.45, 2.75) is 37.4 Å². The van der Waals surface area contributed by atoms with Crippen molar-refractivity contribution >= 4 is 17.7 Å². The zero-order chi connectivity index (χ0) is 11.1. The van der Waals surface area contributed by atoms with Crippen molar-refractivity contribution < 1.29 is 4.79 Å². The van der Waals surface area contributed by atoms with E-state index >= 15 is 0 Å². The van der Waals surface area contributed by atoms with Crippen molar-refractivity contribution in [3.05, 3.63) is 0 Å². The molecule has 1 aliphatic carbocycles. The van der Waals surface area contributed by atoms with Crippen LogP contribution in [0.5, 0.6) is 0 Å². The van der Waals surface area contributed by atoms with E-state index in [1.165, 1.54) is 19.3 Å². The maximum atomic E-state index is 11.3. The lowest BCUT2D eigenvalue weighted by Gasteiger charge is -2.40. The molecule has 1 fully saturated rings. The molecule has 1 amide bonds. The Morgan fingerprint density at radius 1 is 1.47 bits per heavy atom. The van der Waals surface area contributed by atoms with Gasteiger partial charge in [0.1, 0.15) is 0 Å². The van der Waals surface area contributed by atoms with Gasteiger partial charge in [-0.2, -0.15) is 11.8 Å². The van der Waals surface area contributed by atoms with Gasteiger partial charge in [-0.1, -0.05) is 13.3 Å². The standard InChI is InChI=1S/C11H22N2OS/c1-3-7-13-10(14)8-12-9-11(15-2)5-4-6-11/h12H,3-9H2,1-2H3,(H,13,14). The van der Waals surface area contributed by atoms with Gasteiger partial charge in [0.25, 0.3) is 0 Å². The maximum absolute atomic E-state index is 11.3. The van der Waals surface area contributed by atoms with E-state index in [-0.39, 0.29) is 5.91 Å². The molecule has 0 saturated heterocycles. The van der Waals surface area contributed by atoms with Gasteiger partial charge in [0, 0.05) is 17.8 Å². The molecule has 4 heteroatoms. The summed E-state index contributed by atoms with van der Waals surface area (Å²) < 4.78 is 0.422. The first-order chi connectivity index (χ1) is 7.22. The Hall–Kier alpha value is -0.220. The normalized spacial score (nSPS) is 18.3. The summed E-state index contributed by atoms with van der Waals surface area (Å²) in [4.78, 5) is 11.3. The smallest absolute Gasteiger partial charge is 0.233 e. The molecule has 0 radical (unpaired) electrons. The second-order valence-corrected chi connectivity index (χ2v) is 5.47. The molecule has 3 nitrogen and oxygen atoms in total. The Labute approximate surface area is 96.8 Å². The first-order valence-electron chi connectivity index (χ1n) is 5.75. The Morgan fingerprint density at radius 2 is 2.20 bits per heavy atom. The van der Waals surface area contributed by atoms with Gasteiger partial charge in [0.05, 0.1) is 6.54 Å². The Bertz CT molecular complexity index is 199. The predicted octanol–water partition coefficient (Wildman–Crippen LogP) is 1.39. The largest absolute Gasteiger partial charge is 0.355 e. The number of carbonyl (C=O) groups is 1. The average molecular weight is 230 g/mol. The Kier molecular flexibility index (Phi) is 5.47. The van der Waals surface area contributed by atoms with Crippen LogP contribution in [0.15, 0.2) is 0 Å². The highest BCUT2D eigenvalue weighted by atomic mass is 32.2. The average Bonchev–Trinajstić information content (AvgIpc) is 2.19. The number of rotatable bonds is 7. The van der Waals surface area contributed by atoms with Crippen LogP contribution < -0.4 is 10.6 Å². The van der Waals surface area contributed by atoms with Gasteiger partial charge in [-0.05, 0) is 25.5 Å². The van der Waals surface area contributed by atoms with E-state index in [1.54, 1.807) is 0 Å². The van der Waals surface area contributed by atoms with E-state index in [1.807, 2.05) is 11.8 Å². The van der Waals surface area contributed by atoms with E-state index in [0.29, 0.717) is 11.3 Å². The molecule has 0 unspecified atom stereocenters. The second kappa shape index (κ2) is 6.38. The fraction of sp³-hybridized carbons (Fsp3) is 0.909. The molecule has 0 aliphatic heterocycles. The fourth-order valence-corrected chi connectivity index (χ4v) is 2.70. The molecule has 0 atom stereocenters. The molecule has 1 aliphatic rings. The third kappa shape index (κ3) is 4.03. The highest BCUT2D eigenvalue weighted by Crippen LogP contribution is 2.41. The molecular formula is C11H22N2OS. The van der Waals surface area contributed by atoms with Gasteiger partial charge in [-0.25, -0.2) is 0 Å². The topological polar surface area (TPSA) is 41.1 Å². The van der Waals surface area contributed by atoms with E-state index in [9.17, 15) is 4.79 Å². The number of nitrogens with one attached hydrogen (secondary N) is 2.